The number of methoxy groups -OCH3 is 1. The van der Waals surface area contributed by atoms with Crippen molar-refractivity contribution in [3.63, 3.8) is 0 Å². The number of carbonyl (C=O) groups excluding carboxylic acids is 1. The summed E-state index contributed by atoms with van der Waals surface area (Å²) >= 11 is 0. The van der Waals surface area contributed by atoms with Crippen LogP contribution in [-0.4, -0.2) is 44.3 Å². The highest BCUT2D eigenvalue weighted by Crippen LogP contribution is 2.49. The van der Waals surface area contributed by atoms with Crippen molar-refractivity contribution in [3.05, 3.63) is 70.8 Å². The molecule has 206 valence electrons. The molecule has 0 bridgehead atoms. The third kappa shape index (κ3) is 4.73. The first-order valence-electron chi connectivity index (χ1n) is 14.2. The lowest BCUT2D eigenvalue weighted by atomic mass is 9.57. The topological polar surface area (TPSA) is 79.6 Å². The van der Waals surface area contributed by atoms with Gasteiger partial charge < -0.3 is 26.0 Å². The van der Waals surface area contributed by atoms with Gasteiger partial charge in [0, 0.05) is 49.9 Å². The van der Waals surface area contributed by atoms with Crippen molar-refractivity contribution in [1.82, 2.24) is 10.6 Å². The summed E-state index contributed by atoms with van der Waals surface area (Å²) in [6.45, 7) is 9.79. The van der Waals surface area contributed by atoms with Crippen LogP contribution >= 0.6 is 0 Å². The molecule has 1 amide bonds. The first-order valence-corrected chi connectivity index (χ1v) is 14.2. The van der Waals surface area contributed by atoms with Gasteiger partial charge in [-0.15, -0.1) is 0 Å². The highest BCUT2D eigenvalue weighted by atomic mass is 16.5. The second kappa shape index (κ2) is 10.9. The predicted octanol–water partition coefficient (Wildman–Crippen LogP) is 5.00. The summed E-state index contributed by atoms with van der Waals surface area (Å²) in [6.07, 6.45) is 7.83. The maximum atomic E-state index is 13.8. The summed E-state index contributed by atoms with van der Waals surface area (Å²) in [5.74, 6) is 0.828. The van der Waals surface area contributed by atoms with E-state index in [9.17, 15) is 4.79 Å². The van der Waals surface area contributed by atoms with Crippen LogP contribution in [0.1, 0.15) is 80.0 Å². The van der Waals surface area contributed by atoms with E-state index >= 15 is 0 Å². The largest absolute Gasteiger partial charge is 0.381 e. The van der Waals surface area contributed by atoms with Crippen LogP contribution in [0.15, 0.2) is 43.0 Å². The van der Waals surface area contributed by atoms with Crippen LogP contribution in [-0.2, 0) is 23.2 Å². The number of rotatable bonds is 11. The van der Waals surface area contributed by atoms with Crippen LogP contribution in [0.5, 0.6) is 0 Å². The quantitative estimate of drug-likeness (QED) is 0.390. The van der Waals surface area contributed by atoms with Crippen molar-refractivity contribution in [2.45, 2.75) is 88.7 Å². The molecule has 2 aromatic carbocycles. The zero-order chi connectivity index (χ0) is 27.0. The monoisotopic (exact) mass is 518 g/mol. The minimum absolute atomic E-state index is 0. The molecule has 2 saturated carbocycles. The van der Waals surface area contributed by atoms with E-state index in [1.54, 1.807) is 7.11 Å². The number of amides is 1. The summed E-state index contributed by atoms with van der Waals surface area (Å²) in [7, 11) is 3.73. The molecule has 0 radical (unpaired) electrons. The van der Waals surface area contributed by atoms with Crippen molar-refractivity contribution in [2.75, 3.05) is 19.1 Å². The van der Waals surface area contributed by atoms with Gasteiger partial charge in [-0.1, -0.05) is 37.3 Å². The summed E-state index contributed by atoms with van der Waals surface area (Å²) in [5.41, 5.74) is 12.8. The Bertz CT molecular complexity index is 1190. The van der Waals surface area contributed by atoms with Gasteiger partial charge in [0.25, 0.3) is 5.91 Å². The first kappa shape index (κ1) is 27.1. The average Bonchev–Trinajstić information content (AvgIpc) is 3.21. The summed E-state index contributed by atoms with van der Waals surface area (Å²) in [4.78, 5) is 15.7. The molecule has 6 heteroatoms. The molecule has 1 aliphatic heterocycles. The molecular formula is C32H46N4O2. The van der Waals surface area contributed by atoms with Crippen molar-refractivity contribution < 1.29 is 11.0 Å². The van der Waals surface area contributed by atoms with Crippen molar-refractivity contribution in [2.24, 2.45) is 11.7 Å². The summed E-state index contributed by atoms with van der Waals surface area (Å²) in [5, 5.41) is 7.02. The average molecular weight is 519 g/mol. The number of anilines is 1. The number of nitrogens with two attached hydrogens (primary N) is 1. The van der Waals surface area contributed by atoms with E-state index < -0.39 is 0 Å². The molecule has 2 aliphatic carbocycles. The van der Waals surface area contributed by atoms with Gasteiger partial charge in [-0.2, -0.15) is 0 Å². The van der Waals surface area contributed by atoms with Gasteiger partial charge in [-0.05, 0) is 92.9 Å². The normalized spacial score (nSPS) is 25.3. The molecule has 2 unspecified atom stereocenters. The maximum Gasteiger partial charge on any atom is 0.258 e. The van der Waals surface area contributed by atoms with E-state index in [0.717, 1.165) is 53.2 Å². The Morgan fingerprint density at radius 3 is 2.66 bits per heavy atom. The van der Waals surface area contributed by atoms with E-state index in [1.165, 1.54) is 24.8 Å². The molecule has 2 aromatic rings. The molecule has 0 spiro atoms. The van der Waals surface area contributed by atoms with Gasteiger partial charge >= 0.3 is 0 Å². The predicted molar refractivity (Wildman–Crippen MR) is 157 cm³/mol. The third-order valence-electron chi connectivity index (χ3n) is 9.72. The van der Waals surface area contributed by atoms with E-state index in [-0.39, 0.29) is 30.9 Å². The number of fused-ring (bicyclic) bond motifs is 1. The summed E-state index contributed by atoms with van der Waals surface area (Å²) in [6, 6.07) is 13.3. The fraction of sp³-hybridized carbons (Fsp3) is 0.531. The Kier molecular flexibility index (Phi) is 7.79. The molecule has 4 N–H and O–H groups in total. The zero-order valence-electron chi connectivity index (χ0n) is 23.4. The lowest BCUT2D eigenvalue weighted by Gasteiger charge is -2.52. The van der Waals surface area contributed by atoms with Crippen molar-refractivity contribution in [3.8, 4) is 0 Å². The number of benzene rings is 2. The SMILES string of the molecule is C=Cc1cc(CN[C@H](C)C2CCC2)cc2c1CN(c1cccc(C3(C(N)C(C)NC)CC(OC)C3)c1)C2=O.[HH]. The summed E-state index contributed by atoms with van der Waals surface area (Å²) < 4.78 is 5.65. The van der Waals surface area contributed by atoms with Crippen molar-refractivity contribution >= 4 is 17.7 Å². The Hall–Kier alpha value is -2.51. The molecular weight excluding hydrogens is 472 g/mol. The van der Waals surface area contributed by atoms with Gasteiger partial charge in [0.1, 0.15) is 0 Å². The van der Waals surface area contributed by atoms with Gasteiger partial charge in [0.15, 0.2) is 0 Å². The molecule has 3 aliphatic rings. The van der Waals surface area contributed by atoms with Gasteiger partial charge in [0.05, 0.1) is 12.6 Å². The van der Waals surface area contributed by atoms with Crippen LogP contribution in [0.25, 0.3) is 6.08 Å². The molecule has 2 fully saturated rings. The standard InChI is InChI=1S/C32H44N4O2.H2/c1-6-23-13-22(18-35-20(2)24-9-7-10-24)14-28-29(23)19-36(31(28)37)26-12-8-11-25(15-26)32(16-27(17-32)38-5)30(33)21(3)34-4;/h6,8,11-15,20-21,24,27,30,34-35H,1,7,9-10,16-19,33H2,2-5H3;1H/t20-,21?,27?,30?,32?;/m1./s1. The first-order chi connectivity index (χ1) is 18.3. The third-order valence-corrected chi connectivity index (χ3v) is 9.72. The van der Waals surface area contributed by atoms with Gasteiger partial charge in [0.2, 0.25) is 0 Å². The minimum atomic E-state index is -0.184. The fourth-order valence-corrected chi connectivity index (χ4v) is 6.64. The second-order valence-corrected chi connectivity index (χ2v) is 11.7. The highest BCUT2D eigenvalue weighted by Gasteiger charge is 2.51. The Morgan fingerprint density at radius 1 is 1.26 bits per heavy atom. The number of nitrogens with zero attached hydrogens (tertiary/aromatic N) is 1. The minimum Gasteiger partial charge on any atom is -0.381 e. The smallest absolute Gasteiger partial charge is 0.258 e. The molecule has 3 atom stereocenters. The van der Waals surface area contributed by atoms with Crippen LogP contribution in [0.3, 0.4) is 0 Å². The zero-order valence-corrected chi connectivity index (χ0v) is 23.4. The Morgan fingerprint density at radius 2 is 2.03 bits per heavy atom. The number of hydrogen-bond acceptors (Lipinski definition) is 5. The molecule has 1 heterocycles. The lowest BCUT2D eigenvalue weighted by Crippen LogP contribution is -2.62. The number of ether oxygens (including phenoxy) is 1. The second-order valence-electron chi connectivity index (χ2n) is 11.7. The molecule has 0 aromatic heterocycles. The molecule has 6 nitrogen and oxygen atoms in total. The molecule has 38 heavy (non-hydrogen) atoms. The van der Waals surface area contributed by atoms with Gasteiger partial charge in [-0.3, -0.25) is 4.79 Å². The van der Waals surface area contributed by atoms with Crippen LogP contribution in [0, 0.1) is 5.92 Å². The Labute approximate surface area is 229 Å². The van der Waals surface area contributed by atoms with Crippen molar-refractivity contribution in [1.29, 1.82) is 0 Å². The molecule has 5 rings (SSSR count). The number of likely N-dealkylation sites (N-methyl/N-ethyl adjacent to an activating group) is 1. The lowest BCUT2D eigenvalue weighted by molar-refractivity contribution is -0.0326. The number of nitrogens with one attached hydrogen (secondary N) is 2. The fourth-order valence-electron chi connectivity index (χ4n) is 6.64. The van der Waals surface area contributed by atoms with Crippen LogP contribution in [0.4, 0.5) is 5.69 Å². The molecule has 0 saturated heterocycles. The van der Waals surface area contributed by atoms with Crippen LogP contribution < -0.4 is 21.3 Å². The Balaban J connectivity index is 0.00000353. The van der Waals surface area contributed by atoms with E-state index in [4.69, 9.17) is 10.5 Å². The van der Waals surface area contributed by atoms with Crippen LogP contribution in [0.2, 0.25) is 0 Å². The van der Waals surface area contributed by atoms with Gasteiger partial charge in [-0.25, -0.2) is 0 Å². The number of carbonyl (C=O) groups is 1. The van der Waals surface area contributed by atoms with E-state index in [2.05, 4.69) is 61.4 Å². The highest BCUT2D eigenvalue weighted by molar-refractivity contribution is 6.10. The van der Waals surface area contributed by atoms with E-state index in [1.807, 2.05) is 24.1 Å². The van der Waals surface area contributed by atoms with E-state index in [0.29, 0.717) is 12.6 Å². The maximum absolute atomic E-state index is 13.8. The number of hydrogen-bond donors (Lipinski definition) is 3.